The summed E-state index contributed by atoms with van der Waals surface area (Å²) in [4.78, 5) is 17.1. The molecule has 1 atom stereocenters. The third-order valence-corrected chi connectivity index (χ3v) is 2.43. The molecule has 0 fully saturated rings. The van der Waals surface area contributed by atoms with E-state index < -0.39 is 0 Å². The summed E-state index contributed by atoms with van der Waals surface area (Å²) in [6.07, 6.45) is 1.71. The molecule has 0 aliphatic carbocycles. The van der Waals surface area contributed by atoms with Crippen molar-refractivity contribution in [2.75, 3.05) is 12.9 Å². The largest absolute Gasteiger partial charge is 0.336 e. The molecular weight excluding hydrogens is 200 g/mol. The van der Waals surface area contributed by atoms with Gasteiger partial charge in [0.15, 0.2) is 0 Å². The van der Waals surface area contributed by atoms with Crippen LogP contribution in [0.2, 0.25) is 0 Å². The molecule has 0 aromatic carbocycles. The first kappa shape index (κ1) is 11.0. The van der Waals surface area contributed by atoms with Gasteiger partial charge in [0.25, 0.3) is 0 Å². The molecule has 1 rings (SSSR count). The molecule has 76 valence electrons. The molecule has 1 heterocycles. The van der Waals surface area contributed by atoms with Crippen LogP contribution >= 0.6 is 11.6 Å². The van der Waals surface area contributed by atoms with Gasteiger partial charge >= 0.3 is 0 Å². The minimum absolute atomic E-state index is 0.00761. The Labute approximate surface area is 88.7 Å². The zero-order valence-electron chi connectivity index (χ0n) is 8.27. The number of nitrogens with zero attached hydrogens (tertiary/aromatic N) is 2. The van der Waals surface area contributed by atoms with Gasteiger partial charge in [-0.2, -0.15) is 0 Å². The Morgan fingerprint density at radius 1 is 1.64 bits per heavy atom. The van der Waals surface area contributed by atoms with Crippen molar-refractivity contribution in [3.63, 3.8) is 0 Å². The number of halogens is 1. The lowest BCUT2D eigenvalue weighted by molar-refractivity contribution is -0.129. The van der Waals surface area contributed by atoms with Crippen LogP contribution in [-0.4, -0.2) is 28.7 Å². The first-order chi connectivity index (χ1) is 6.66. The molecule has 0 saturated heterocycles. The third-order valence-electron chi connectivity index (χ3n) is 2.20. The van der Waals surface area contributed by atoms with Gasteiger partial charge in [0.1, 0.15) is 5.88 Å². The van der Waals surface area contributed by atoms with Gasteiger partial charge in [-0.3, -0.25) is 9.78 Å². The Morgan fingerprint density at radius 3 is 2.86 bits per heavy atom. The van der Waals surface area contributed by atoms with Crippen molar-refractivity contribution in [2.24, 2.45) is 0 Å². The van der Waals surface area contributed by atoms with Crippen LogP contribution in [0.5, 0.6) is 0 Å². The summed E-state index contributed by atoms with van der Waals surface area (Å²) in [7, 11) is 1.73. The summed E-state index contributed by atoms with van der Waals surface area (Å²) in [6, 6.07) is 5.60. The van der Waals surface area contributed by atoms with Crippen LogP contribution in [0.1, 0.15) is 18.7 Å². The Balaban J connectivity index is 2.75. The Bertz CT molecular complexity index is 302. The summed E-state index contributed by atoms with van der Waals surface area (Å²) in [6.45, 7) is 1.92. The average molecular weight is 213 g/mol. The van der Waals surface area contributed by atoms with Gasteiger partial charge in [-0.15, -0.1) is 11.6 Å². The molecule has 1 unspecified atom stereocenters. The maximum atomic E-state index is 11.3. The molecule has 1 amide bonds. The lowest BCUT2D eigenvalue weighted by atomic mass is 10.2. The van der Waals surface area contributed by atoms with E-state index in [1.165, 1.54) is 0 Å². The summed E-state index contributed by atoms with van der Waals surface area (Å²) in [5.74, 6) is -0.0851. The number of rotatable bonds is 3. The fraction of sp³-hybridized carbons (Fsp3) is 0.400. The zero-order valence-corrected chi connectivity index (χ0v) is 9.03. The average Bonchev–Trinajstić information content (AvgIpc) is 2.27. The van der Waals surface area contributed by atoms with Gasteiger partial charge in [-0.25, -0.2) is 0 Å². The topological polar surface area (TPSA) is 33.2 Å². The molecule has 0 aliphatic rings. The van der Waals surface area contributed by atoms with E-state index in [0.717, 1.165) is 5.69 Å². The molecular formula is C10H13ClN2O. The molecule has 0 aliphatic heterocycles. The van der Waals surface area contributed by atoms with E-state index >= 15 is 0 Å². The van der Waals surface area contributed by atoms with E-state index in [1.807, 2.05) is 25.1 Å². The second-order valence-corrected chi connectivity index (χ2v) is 3.34. The fourth-order valence-electron chi connectivity index (χ4n) is 1.13. The van der Waals surface area contributed by atoms with Crippen molar-refractivity contribution >= 4 is 17.5 Å². The maximum Gasteiger partial charge on any atom is 0.237 e. The molecule has 3 nitrogen and oxygen atoms in total. The number of carbonyl (C=O) groups is 1. The highest BCUT2D eigenvalue weighted by Gasteiger charge is 2.16. The highest BCUT2D eigenvalue weighted by molar-refractivity contribution is 6.27. The van der Waals surface area contributed by atoms with Crippen LogP contribution in [0.4, 0.5) is 0 Å². The van der Waals surface area contributed by atoms with Crippen LogP contribution in [-0.2, 0) is 4.79 Å². The second kappa shape index (κ2) is 4.96. The quantitative estimate of drug-likeness (QED) is 0.717. The van der Waals surface area contributed by atoms with Gasteiger partial charge in [0.05, 0.1) is 11.7 Å². The van der Waals surface area contributed by atoms with Gasteiger partial charge in [-0.05, 0) is 19.1 Å². The van der Waals surface area contributed by atoms with E-state index in [0.29, 0.717) is 0 Å². The number of pyridine rings is 1. The smallest absolute Gasteiger partial charge is 0.237 e. The number of amides is 1. The number of aromatic nitrogens is 1. The SMILES string of the molecule is CC(c1ccccn1)N(C)C(=O)CCl. The second-order valence-electron chi connectivity index (χ2n) is 3.07. The highest BCUT2D eigenvalue weighted by atomic mass is 35.5. The first-order valence-corrected chi connectivity index (χ1v) is 4.92. The fourth-order valence-corrected chi connectivity index (χ4v) is 1.32. The van der Waals surface area contributed by atoms with Crippen molar-refractivity contribution in [3.8, 4) is 0 Å². The molecule has 0 spiro atoms. The minimum atomic E-state index is -0.0928. The maximum absolute atomic E-state index is 11.3. The van der Waals surface area contributed by atoms with Crippen molar-refractivity contribution in [3.05, 3.63) is 30.1 Å². The van der Waals surface area contributed by atoms with Crippen LogP contribution in [0.25, 0.3) is 0 Å². The van der Waals surface area contributed by atoms with Gasteiger partial charge in [0, 0.05) is 13.2 Å². The predicted molar refractivity (Wildman–Crippen MR) is 56.1 cm³/mol. The molecule has 4 heteroatoms. The van der Waals surface area contributed by atoms with E-state index in [2.05, 4.69) is 4.98 Å². The molecule has 0 radical (unpaired) electrons. The van der Waals surface area contributed by atoms with Gasteiger partial charge < -0.3 is 4.90 Å². The van der Waals surface area contributed by atoms with Crippen molar-refractivity contribution in [1.82, 2.24) is 9.88 Å². The number of hydrogen-bond donors (Lipinski definition) is 0. The molecule has 0 bridgehead atoms. The lowest BCUT2D eigenvalue weighted by Crippen LogP contribution is -2.30. The normalized spacial score (nSPS) is 12.2. The Morgan fingerprint density at radius 2 is 2.36 bits per heavy atom. The number of alkyl halides is 1. The van der Waals surface area contributed by atoms with E-state index in [1.54, 1.807) is 18.1 Å². The van der Waals surface area contributed by atoms with Crippen LogP contribution in [0.15, 0.2) is 24.4 Å². The van der Waals surface area contributed by atoms with E-state index in [9.17, 15) is 4.79 Å². The molecule has 0 saturated carbocycles. The third kappa shape index (κ3) is 2.45. The molecule has 0 N–H and O–H groups in total. The molecule has 1 aromatic heterocycles. The molecule has 14 heavy (non-hydrogen) atoms. The predicted octanol–water partition coefficient (Wildman–Crippen LogP) is 1.84. The molecule has 1 aromatic rings. The summed E-state index contributed by atoms with van der Waals surface area (Å²) in [5, 5.41) is 0. The standard InChI is InChI=1S/C10H13ClN2O/c1-8(13(2)10(14)7-11)9-5-3-4-6-12-9/h3-6,8H,7H2,1-2H3. The van der Waals surface area contributed by atoms with Crippen LogP contribution < -0.4 is 0 Å². The van der Waals surface area contributed by atoms with E-state index in [-0.39, 0.29) is 17.8 Å². The number of hydrogen-bond acceptors (Lipinski definition) is 2. The van der Waals surface area contributed by atoms with Crippen molar-refractivity contribution < 1.29 is 4.79 Å². The zero-order chi connectivity index (χ0) is 10.6. The Hall–Kier alpha value is -1.09. The summed E-state index contributed by atoms with van der Waals surface area (Å²) in [5.41, 5.74) is 0.869. The van der Waals surface area contributed by atoms with Crippen LogP contribution in [0, 0.1) is 0 Å². The van der Waals surface area contributed by atoms with Crippen molar-refractivity contribution in [2.45, 2.75) is 13.0 Å². The minimum Gasteiger partial charge on any atom is -0.336 e. The highest BCUT2D eigenvalue weighted by Crippen LogP contribution is 2.15. The van der Waals surface area contributed by atoms with Crippen molar-refractivity contribution in [1.29, 1.82) is 0 Å². The lowest BCUT2D eigenvalue weighted by Gasteiger charge is -2.23. The Kier molecular flexibility index (Phi) is 3.89. The van der Waals surface area contributed by atoms with E-state index in [4.69, 9.17) is 11.6 Å². The summed E-state index contributed by atoms with van der Waals surface area (Å²) >= 11 is 5.47. The summed E-state index contributed by atoms with van der Waals surface area (Å²) < 4.78 is 0. The first-order valence-electron chi connectivity index (χ1n) is 4.39. The van der Waals surface area contributed by atoms with Gasteiger partial charge in [0.2, 0.25) is 5.91 Å². The number of carbonyl (C=O) groups excluding carboxylic acids is 1. The monoisotopic (exact) mass is 212 g/mol. The van der Waals surface area contributed by atoms with Gasteiger partial charge in [-0.1, -0.05) is 6.07 Å². The van der Waals surface area contributed by atoms with Crippen LogP contribution in [0.3, 0.4) is 0 Å².